The third kappa shape index (κ3) is 3.25. The van der Waals surface area contributed by atoms with Crippen LogP contribution in [0.5, 0.6) is 0 Å². The predicted octanol–water partition coefficient (Wildman–Crippen LogP) is 5.19. The fourth-order valence-corrected chi connectivity index (χ4v) is 2.88. The van der Waals surface area contributed by atoms with Crippen molar-refractivity contribution in [3.8, 4) is 0 Å². The number of rotatable bonds is 6. The molecule has 1 N–H and O–H groups in total. The molecule has 0 fully saturated rings. The Labute approximate surface area is 124 Å². The molecule has 4 heteroatoms. The number of aryl methyl sites for hydroxylation is 1. The Hall–Kier alpha value is -0.700. The number of hydrogen-bond acceptors (Lipinski definition) is 2. The molecule has 0 radical (unpaired) electrons. The lowest BCUT2D eigenvalue weighted by atomic mass is 10.1. The van der Waals surface area contributed by atoms with Crippen LogP contribution in [0, 0.1) is 0 Å². The first-order valence-corrected chi connectivity index (χ1v) is 7.53. The third-order valence-corrected chi connectivity index (χ3v) is 3.62. The van der Waals surface area contributed by atoms with Crippen molar-refractivity contribution in [2.45, 2.75) is 39.7 Å². The van der Waals surface area contributed by atoms with Crippen LogP contribution < -0.4 is 5.32 Å². The van der Waals surface area contributed by atoms with Crippen LogP contribution in [-0.2, 0) is 13.0 Å². The predicted molar refractivity (Wildman–Crippen MR) is 82.2 cm³/mol. The van der Waals surface area contributed by atoms with Crippen molar-refractivity contribution in [2.75, 3.05) is 6.54 Å². The second-order valence-corrected chi connectivity index (χ2v) is 5.53. The molecule has 0 atom stereocenters. The van der Waals surface area contributed by atoms with Gasteiger partial charge in [-0.3, -0.25) is 0 Å². The molecule has 0 saturated heterocycles. The molecular weight excluding hydrogens is 281 g/mol. The SMILES string of the molecule is CCCNCc1oc2cc(Cl)cc(Cl)c2c1CCC. The lowest BCUT2D eigenvalue weighted by molar-refractivity contribution is 0.507. The van der Waals surface area contributed by atoms with Gasteiger partial charge in [0.25, 0.3) is 0 Å². The third-order valence-electron chi connectivity index (χ3n) is 3.10. The summed E-state index contributed by atoms with van der Waals surface area (Å²) >= 11 is 12.3. The van der Waals surface area contributed by atoms with Gasteiger partial charge in [0.1, 0.15) is 11.3 Å². The van der Waals surface area contributed by atoms with Crippen molar-refractivity contribution in [2.24, 2.45) is 0 Å². The topological polar surface area (TPSA) is 25.2 Å². The Morgan fingerprint density at radius 1 is 1.16 bits per heavy atom. The molecule has 0 aliphatic carbocycles. The molecule has 0 aliphatic heterocycles. The molecule has 104 valence electrons. The van der Waals surface area contributed by atoms with Crippen molar-refractivity contribution < 1.29 is 4.42 Å². The second kappa shape index (κ2) is 6.65. The molecule has 0 amide bonds. The number of benzene rings is 1. The van der Waals surface area contributed by atoms with Crippen LogP contribution in [0.25, 0.3) is 11.0 Å². The highest BCUT2D eigenvalue weighted by Crippen LogP contribution is 2.35. The van der Waals surface area contributed by atoms with Crippen LogP contribution in [0.3, 0.4) is 0 Å². The first-order chi connectivity index (χ1) is 9.17. The summed E-state index contributed by atoms with van der Waals surface area (Å²) in [5.41, 5.74) is 2.00. The molecule has 2 rings (SSSR count). The Morgan fingerprint density at radius 3 is 2.63 bits per heavy atom. The number of halogens is 2. The van der Waals surface area contributed by atoms with Gasteiger partial charge < -0.3 is 9.73 Å². The van der Waals surface area contributed by atoms with Crippen LogP contribution in [0.4, 0.5) is 0 Å². The lowest BCUT2D eigenvalue weighted by Gasteiger charge is -2.03. The number of hydrogen-bond donors (Lipinski definition) is 1. The average molecular weight is 300 g/mol. The molecule has 0 bridgehead atoms. The van der Waals surface area contributed by atoms with Gasteiger partial charge in [-0.25, -0.2) is 0 Å². The Morgan fingerprint density at radius 2 is 1.95 bits per heavy atom. The van der Waals surface area contributed by atoms with E-state index in [2.05, 4.69) is 19.2 Å². The van der Waals surface area contributed by atoms with Gasteiger partial charge in [-0.05, 0) is 25.5 Å². The van der Waals surface area contributed by atoms with E-state index in [1.165, 1.54) is 5.56 Å². The van der Waals surface area contributed by atoms with Crippen LogP contribution in [0.1, 0.15) is 38.0 Å². The zero-order valence-corrected chi connectivity index (χ0v) is 12.9. The summed E-state index contributed by atoms with van der Waals surface area (Å²) in [7, 11) is 0. The van der Waals surface area contributed by atoms with E-state index >= 15 is 0 Å². The molecule has 0 spiro atoms. The summed E-state index contributed by atoms with van der Waals surface area (Å²) in [4.78, 5) is 0. The summed E-state index contributed by atoms with van der Waals surface area (Å²) in [6.45, 7) is 6.03. The minimum absolute atomic E-state index is 0.613. The first kappa shape index (κ1) is 14.7. The summed E-state index contributed by atoms with van der Waals surface area (Å²) in [6, 6.07) is 3.62. The van der Waals surface area contributed by atoms with Gasteiger partial charge in [0.05, 0.1) is 11.6 Å². The van der Waals surface area contributed by atoms with Crippen molar-refractivity contribution in [3.63, 3.8) is 0 Å². The molecule has 0 saturated carbocycles. The normalized spacial score (nSPS) is 11.4. The molecule has 2 aromatic rings. The monoisotopic (exact) mass is 299 g/mol. The molecule has 0 aliphatic rings. The maximum Gasteiger partial charge on any atom is 0.137 e. The van der Waals surface area contributed by atoms with E-state index in [0.29, 0.717) is 10.0 Å². The standard InChI is InChI=1S/C15H19Cl2NO/c1-3-5-11-14(9-18-6-4-2)19-13-8-10(16)7-12(17)15(11)13/h7-8,18H,3-6,9H2,1-2H3. The van der Waals surface area contributed by atoms with Crippen molar-refractivity contribution in [1.82, 2.24) is 5.32 Å². The Kier molecular flexibility index (Phi) is 5.14. The van der Waals surface area contributed by atoms with E-state index in [1.54, 1.807) is 6.07 Å². The number of fused-ring (bicyclic) bond motifs is 1. The van der Waals surface area contributed by atoms with Gasteiger partial charge in [-0.15, -0.1) is 0 Å². The molecule has 0 unspecified atom stereocenters. The van der Waals surface area contributed by atoms with Crippen molar-refractivity contribution in [3.05, 3.63) is 33.5 Å². The highest BCUT2D eigenvalue weighted by molar-refractivity contribution is 6.38. The molecule has 1 aromatic carbocycles. The minimum Gasteiger partial charge on any atom is -0.459 e. The van der Waals surface area contributed by atoms with Gasteiger partial charge in [0, 0.05) is 22.0 Å². The van der Waals surface area contributed by atoms with Crippen LogP contribution >= 0.6 is 23.2 Å². The molecule has 1 heterocycles. The number of furan rings is 1. The van der Waals surface area contributed by atoms with Crippen LogP contribution in [-0.4, -0.2) is 6.54 Å². The van der Waals surface area contributed by atoms with E-state index < -0.39 is 0 Å². The van der Waals surface area contributed by atoms with Gasteiger partial charge in [-0.2, -0.15) is 0 Å². The average Bonchev–Trinajstić information content (AvgIpc) is 2.68. The summed E-state index contributed by atoms with van der Waals surface area (Å²) in [5.74, 6) is 0.981. The zero-order valence-electron chi connectivity index (χ0n) is 11.4. The van der Waals surface area contributed by atoms with E-state index in [1.807, 2.05) is 6.07 Å². The van der Waals surface area contributed by atoms with Crippen LogP contribution in [0.15, 0.2) is 16.5 Å². The summed E-state index contributed by atoms with van der Waals surface area (Å²) in [5, 5.41) is 5.68. The molecule has 2 nitrogen and oxygen atoms in total. The van der Waals surface area contributed by atoms with Gasteiger partial charge in [-0.1, -0.05) is 43.5 Å². The molecular formula is C15H19Cl2NO. The lowest BCUT2D eigenvalue weighted by Crippen LogP contribution is -2.14. The maximum absolute atomic E-state index is 6.31. The fourth-order valence-electron chi connectivity index (χ4n) is 2.29. The smallest absolute Gasteiger partial charge is 0.137 e. The summed E-state index contributed by atoms with van der Waals surface area (Å²) < 4.78 is 5.93. The van der Waals surface area contributed by atoms with Crippen molar-refractivity contribution >= 4 is 34.2 Å². The minimum atomic E-state index is 0.613. The van der Waals surface area contributed by atoms with E-state index in [4.69, 9.17) is 27.6 Å². The maximum atomic E-state index is 6.31. The quantitative estimate of drug-likeness (QED) is 0.742. The van der Waals surface area contributed by atoms with E-state index in [-0.39, 0.29) is 0 Å². The Balaban J connectivity index is 2.44. The summed E-state index contributed by atoms with van der Waals surface area (Å²) in [6.07, 6.45) is 3.14. The van der Waals surface area contributed by atoms with E-state index in [0.717, 1.165) is 49.1 Å². The second-order valence-electron chi connectivity index (χ2n) is 4.69. The van der Waals surface area contributed by atoms with E-state index in [9.17, 15) is 0 Å². The number of nitrogens with one attached hydrogen (secondary N) is 1. The molecule has 1 aromatic heterocycles. The van der Waals surface area contributed by atoms with Gasteiger partial charge >= 0.3 is 0 Å². The van der Waals surface area contributed by atoms with Gasteiger partial charge in [0.2, 0.25) is 0 Å². The Bertz CT molecular complexity index is 563. The van der Waals surface area contributed by atoms with Crippen LogP contribution in [0.2, 0.25) is 10.0 Å². The fraction of sp³-hybridized carbons (Fsp3) is 0.467. The van der Waals surface area contributed by atoms with Crippen molar-refractivity contribution in [1.29, 1.82) is 0 Å². The highest BCUT2D eigenvalue weighted by atomic mass is 35.5. The largest absolute Gasteiger partial charge is 0.459 e. The first-order valence-electron chi connectivity index (χ1n) is 6.77. The zero-order chi connectivity index (χ0) is 13.8. The van der Waals surface area contributed by atoms with Gasteiger partial charge in [0.15, 0.2) is 0 Å². The highest BCUT2D eigenvalue weighted by Gasteiger charge is 2.16. The molecule has 19 heavy (non-hydrogen) atoms.